The van der Waals surface area contributed by atoms with E-state index in [2.05, 4.69) is 60.3 Å². The standard InChI is InChI=1S/C21H34N4O2/c1-5-22-21(25-14-12-18(13-15-25)20(26)27-6-2)23-16-17(3)24(4)19-10-8-7-9-11-19/h7-11,17-18H,5-6,12-16H2,1-4H3,(H,22,23). The van der Waals surface area contributed by atoms with Crippen molar-refractivity contribution >= 4 is 17.6 Å². The predicted molar refractivity (Wildman–Crippen MR) is 111 cm³/mol. The number of piperidine rings is 1. The van der Waals surface area contributed by atoms with Crippen LogP contribution in [-0.2, 0) is 9.53 Å². The summed E-state index contributed by atoms with van der Waals surface area (Å²) in [6.45, 7) is 9.79. The zero-order valence-corrected chi connectivity index (χ0v) is 17.1. The second kappa shape index (κ2) is 10.8. The minimum absolute atomic E-state index is 0.0206. The first kappa shape index (κ1) is 21.1. The lowest BCUT2D eigenvalue weighted by atomic mass is 9.97. The van der Waals surface area contributed by atoms with Crippen LogP contribution < -0.4 is 10.2 Å². The van der Waals surface area contributed by atoms with Gasteiger partial charge in [-0.3, -0.25) is 9.79 Å². The second-order valence-electron chi connectivity index (χ2n) is 7.00. The van der Waals surface area contributed by atoms with Crippen LogP contribution in [0.4, 0.5) is 5.69 Å². The van der Waals surface area contributed by atoms with E-state index in [0.717, 1.165) is 38.4 Å². The van der Waals surface area contributed by atoms with Crippen molar-refractivity contribution < 1.29 is 9.53 Å². The van der Waals surface area contributed by atoms with E-state index in [0.29, 0.717) is 13.2 Å². The first-order valence-corrected chi connectivity index (χ1v) is 10.0. The number of nitrogens with one attached hydrogen (secondary N) is 1. The van der Waals surface area contributed by atoms with Gasteiger partial charge in [-0.2, -0.15) is 0 Å². The quantitative estimate of drug-likeness (QED) is 0.452. The molecule has 1 N–H and O–H groups in total. The van der Waals surface area contributed by atoms with Gasteiger partial charge in [0.15, 0.2) is 5.96 Å². The molecule has 1 aliphatic heterocycles. The molecule has 0 aliphatic carbocycles. The number of rotatable bonds is 7. The molecule has 1 aromatic rings. The summed E-state index contributed by atoms with van der Waals surface area (Å²) in [5, 5.41) is 3.40. The number of esters is 1. The molecule has 1 fully saturated rings. The van der Waals surface area contributed by atoms with E-state index in [1.807, 2.05) is 13.0 Å². The van der Waals surface area contributed by atoms with Crippen molar-refractivity contribution in [3.05, 3.63) is 30.3 Å². The highest BCUT2D eigenvalue weighted by Gasteiger charge is 2.27. The number of likely N-dealkylation sites (N-methyl/N-ethyl adjacent to an activating group) is 1. The molecule has 0 radical (unpaired) electrons. The van der Waals surface area contributed by atoms with Crippen molar-refractivity contribution in [1.82, 2.24) is 10.2 Å². The average molecular weight is 375 g/mol. The molecule has 0 saturated carbocycles. The third-order valence-corrected chi connectivity index (χ3v) is 5.08. The SMILES string of the molecule is CCNC(=NCC(C)N(C)c1ccccc1)N1CCC(C(=O)OCC)CC1. The fourth-order valence-corrected chi connectivity index (χ4v) is 3.27. The highest BCUT2D eigenvalue weighted by Crippen LogP contribution is 2.19. The van der Waals surface area contributed by atoms with Gasteiger partial charge in [0.25, 0.3) is 0 Å². The first-order chi connectivity index (χ1) is 13.1. The predicted octanol–water partition coefficient (Wildman–Crippen LogP) is 2.75. The number of carbonyl (C=O) groups excluding carboxylic acids is 1. The van der Waals surface area contributed by atoms with Crippen LogP contribution in [0.2, 0.25) is 0 Å². The number of hydrogen-bond acceptors (Lipinski definition) is 4. The number of likely N-dealkylation sites (tertiary alicyclic amines) is 1. The van der Waals surface area contributed by atoms with Crippen LogP contribution in [0.5, 0.6) is 0 Å². The van der Waals surface area contributed by atoms with E-state index >= 15 is 0 Å². The van der Waals surface area contributed by atoms with Crippen molar-refractivity contribution in [3.8, 4) is 0 Å². The minimum Gasteiger partial charge on any atom is -0.466 e. The van der Waals surface area contributed by atoms with Gasteiger partial charge < -0.3 is 19.9 Å². The molecule has 150 valence electrons. The highest BCUT2D eigenvalue weighted by atomic mass is 16.5. The Morgan fingerprint density at radius 2 is 1.96 bits per heavy atom. The molecule has 6 heteroatoms. The lowest BCUT2D eigenvalue weighted by Crippen LogP contribution is -2.47. The maximum Gasteiger partial charge on any atom is 0.309 e. The summed E-state index contributed by atoms with van der Waals surface area (Å²) in [6, 6.07) is 10.7. The van der Waals surface area contributed by atoms with Crippen LogP contribution in [0, 0.1) is 5.92 Å². The Bertz CT molecular complexity index is 597. The third-order valence-electron chi connectivity index (χ3n) is 5.08. The molecule has 2 rings (SSSR count). The molecule has 1 aliphatic rings. The Labute approximate surface area is 163 Å². The Hall–Kier alpha value is -2.24. The van der Waals surface area contributed by atoms with Crippen LogP contribution in [0.25, 0.3) is 0 Å². The lowest BCUT2D eigenvalue weighted by Gasteiger charge is -2.34. The molecule has 6 nitrogen and oxygen atoms in total. The van der Waals surface area contributed by atoms with Gasteiger partial charge in [0.05, 0.1) is 19.1 Å². The minimum atomic E-state index is -0.0582. The van der Waals surface area contributed by atoms with Gasteiger partial charge in [0, 0.05) is 38.4 Å². The van der Waals surface area contributed by atoms with Crippen molar-refractivity contribution in [3.63, 3.8) is 0 Å². The Balaban J connectivity index is 1.93. The molecule has 27 heavy (non-hydrogen) atoms. The number of nitrogens with zero attached hydrogens (tertiary/aromatic N) is 3. The van der Waals surface area contributed by atoms with Crippen LogP contribution in [0.15, 0.2) is 35.3 Å². The van der Waals surface area contributed by atoms with Crippen molar-refractivity contribution in [1.29, 1.82) is 0 Å². The van der Waals surface area contributed by atoms with Crippen molar-refractivity contribution in [2.45, 2.75) is 39.7 Å². The summed E-state index contributed by atoms with van der Waals surface area (Å²) in [4.78, 5) is 21.3. The Kier molecular flexibility index (Phi) is 8.43. The van der Waals surface area contributed by atoms with Gasteiger partial charge in [-0.15, -0.1) is 0 Å². The summed E-state index contributed by atoms with van der Waals surface area (Å²) in [6.07, 6.45) is 1.64. The lowest BCUT2D eigenvalue weighted by molar-refractivity contribution is -0.149. The van der Waals surface area contributed by atoms with E-state index in [1.165, 1.54) is 5.69 Å². The van der Waals surface area contributed by atoms with Gasteiger partial charge in [0.2, 0.25) is 0 Å². The summed E-state index contributed by atoms with van der Waals surface area (Å²) in [5.74, 6) is 0.900. The second-order valence-corrected chi connectivity index (χ2v) is 7.00. The molecular weight excluding hydrogens is 340 g/mol. The van der Waals surface area contributed by atoms with Crippen LogP contribution in [0.3, 0.4) is 0 Å². The average Bonchev–Trinajstić information content (AvgIpc) is 2.71. The number of guanidine groups is 1. The number of carbonyl (C=O) groups is 1. The monoisotopic (exact) mass is 374 g/mol. The third kappa shape index (κ3) is 6.15. The molecule has 1 saturated heterocycles. The van der Waals surface area contributed by atoms with E-state index in [-0.39, 0.29) is 17.9 Å². The molecule has 1 heterocycles. The molecule has 1 unspecified atom stereocenters. The normalized spacial score (nSPS) is 16.7. The smallest absolute Gasteiger partial charge is 0.309 e. The maximum atomic E-state index is 11.9. The summed E-state index contributed by atoms with van der Waals surface area (Å²) in [7, 11) is 2.10. The van der Waals surface area contributed by atoms with Gasteiger partial charge in [0.1, 0.15) is 0 Å². The number of aliphatic imine (C=N–C) groups is 1. The fourth-order valence-electron chi connectivity index (χ4n) is 3.27. The van der Waals surface area contributed by atoms with Gasteiger partial charge in [-0.05, 0) is 45.7 Å². The Morgan fingerprint density at radius 3 is 2.56 bits per heavy atom. The van der Waals surface area contributed by atoms with E-state index in [4.69, 9.17) is 9.73 Å². The summed E-state index contributed by atoms with van der Waals surface area (Å²) in [5.41, 5.74) is 1.19. The van der Waals surface area contributed by atoms with Gasteiger partial charge in [-0.1, -0.05) is 18.2 Å². The molecular formula is C21H34N4O2. The summed E-state index contributed by atoms with van der Waals surface area (Å²) >= 11 is 0. The Morgan fingerprint density at radius 1 is 1.30 bits per heavy atom. The number of para-hydroxylation sites is 1. The number of benzene rings is 1. The molecule has 0 amide bonds. The van der Waals surface area contributed by atoms with Crippen LogP contribution in [-0.4, -0.2) is 62.7 Å². The van der Waals surface area contributed by atoms with E-state index < -0.39 is 0 Å². The molecule has 1 atom stereocenters. The molecule has 0 aromatic heterocycles. The zero-order chi connectivity index (χ0) is 19.6. The molecule has 1 aromatic carbocycles. The topological polar surface area (TPSA) is 57.2 Å². The highest BCUT2D eigenvalue weighted by molar-refractivity contribution is 5.80. The summed E-state index contributed by atoms with van der Waals surface area (Å²) < 4.78 is 5.16. The molecule has 0 spiro atoms. The molecule has 0 bridgehead atoms. The van der Waals surface area contributed by atoms with Crippen molar-refractivity contribution in [2.75, 3.05) is 44.7 Å². The number of ether oxygens (including phenoxy) is 1. The van der Waals surface area contributed by atoms with Crippen LogP contribution >= 0.6 is 0 Å². The van der Waals surface area contributed by atoms with Crippen molar-refractivity contribution in [2.24, 2.45) is 10.9 Å². The first-order valence-electron chi connectivity index (χ1n) is 10.0. The zero-order valence-electron chi connectivity index (χ0n) is 17.1. The largest absolute Gasteiger partial charge is 0.466 e. The fraction of sp³-hybridized carbons (Fsp3) is 0.619. The van der Waals surface area contributed by atoms with Gasteiger partial charge in [-0.25, -0.2) is 0 Å². The maximum absolute atomic E-state index is 11.9. The van der Waals surface area contributed by atoms with E-state index in [9.17, 15) is 4.79 Å². The van der Waals surface area contributed by atoms with Crippen LogP contribution in [0.1, 0.15) is 33.6 Å². The van der Waals surface area contributed by atoms with Gasteiger partial charge >= 0.3 is 5.97 Å². The number of anilines is 1. The van der Waals surface area contributed by atoms with E-state index in [1.54, 1.807) is 0 Å². The number of hydrogen-bond donors (Lipinski definition) is 1.